The molecule has 0 aliphatic rings. The predicted octanol–water partition coefficient (Wildman–Crippen LogP) is 4.97. The Morgan fingerprint density at radius 3 is 2.67 bits per heavy atom. The minimum absolute atomic E-state index is 0.165. The van der Waals surface area contributed by atoms with Gasteiger partial charge in [0.1, 0.15) is 11.6 Å². The molecule has 18 heavy (non-hydrogen) atoms. The molecule has 0 saturated carbocycles. The highest BCUT2D eigenvalue weighted by molar-refractivity contribution is 9.09. The molecular formula is C14H11BrClFO. The van der Waals surface area contributed by atoms with Gasteiger partial charge < -0.3 is 4.74 Å². The zero-order chi connectivity index (χ0) is 13.1. The van der Waals surface area contributed by atoms with E-state index < -0.39 is 0 Å². The van der Waals surface area contributed by atoms with Crippen LogP contribution in [0.4, 0.5) is 4.39 Å². The van der Waals surface area contributed by atoms with E-state index in [1.54, 1.807) is 25.3 Å². The van der Waals surface area contributed by atoms with Crippen LogP contribution in [-0.4, -0.2) is 7.11 Å². The quantitative estimate of drug-likeness (QED) is 0.722. The van der Waals surface area contributed by atoms with Crippen LogP contribution in [0.5, 0.6) is 5.75 Å². The van der Waals surface area contributed by atoms with Crippen molar-refractivity contribution in [2.45, 2.75) is 4.83 Å². The smallest absolute Gasteiger partial charge is 0.123 e. The molecule has 4 heteroatoms. The summed E-state index contributed by atoms with van der Waals surface area (Å²) in [4.78, 5) is -0.165. The highest BCUT2D eigenvalue weighted by Gasteiger charge is 2.16. The molecule has 2 rings (SSSR count). The fraction of sp³-hybridized carbons (Fsp3) is 0.143. The largest absolute Gasteiger partial charge is 0.496 e. The first-order valence-corrected chi connectivity index (χ1v) is 6.64. The van der Waals surface area contributed by atoms with Gasteiger partial charge in [0.15, 0.2) is 0 Å². The third-order valence-electron chi connectivity index (χ3n) is 2.61. The summed E-state index contributed by atoms with van der Waals surface area (Å²) in [6.45, 7) is 0. The van der Waals surface area contributed by atoms with Crippen LogP contribution in [0, 0.1) is 5.82 Å². The first-order valence-electron chi connectivity index (χ1n) is 5.35. The van der Waals surface area contributed by atoms with E-state index in [0.717, 1.165) is 11.1 Å². The number of benzene rings is 2. The van der Waals surface area contributed by atoms with E-state index in [4.69, 9.17) is 16.3 Å². The Hall–Kier alpha value is -1.06. The van der Waals surface area contributed by atoms with E-state index in [2.05, 4.69) is 15.9 Å². The van der Waals surface area contributed by atoms with Gasteiger partial charge in [-0.25, -0.2) is 4.39 Å². The SMILES string of the molecule is COc1ccc(Cl)cc1C(Br)c1cccc(F)c1. The van der Waals surface area contributed by atoms with Crippen molar-refractivity contribution in [2.75, 3.05) is 7.11 Å². The highest BCUT2D eigenvalue weighted by Crippen LogP contribution is 2.38. The van der Waals surface area contributed by atoms with E-state index >= 15 is 0 Å². The van der Waals surface area contributed by atoms with E-state index in [1.165, 1.54) is 12.1 Å². The summed E-state index contributed by atoms with van der Waals surface area (Å²) >= 11 is 9.53. The Kier molecular flexibility index (Phi) is 4.25. The topological polar surface area (TPSA) is 9.23 Å². The Morgan fingerprint density at radius 1 is 1.22 bits per heavy atom. The van der Waals surface area contributed by atoms with Crippen molar-refractivity contribution in [3.63, 3.8) is 0 Å². The van der Waals surface area contributed by atoms with Crippen molar-refractivity contribution in [3.05, 3.63) is 64.4 Å². The molecule has 0 saturated heterocycles. The summed E-state index contributed by atoms with van der Waals surface area (Å²) in [6, 6.07) is 11.8. The minimum atomic E-state index is -0.266. The molecule has 0 amide bonds. The van der Waals surface area contributed by atoms with Crippen molar-refractivity contribution >= 4 is 27.5 Å². The van der Waals surface area contributed by atoms with Crippen LogP contribution in [-0.2, 0) is 0 Å². The second-order valence-corrected chi connectivity index (χ2v) is 5.16. The van der Waals surface area contributed by atoms with Crippen LogP contribution in [0.2, 0.25) is 5.02 Å². The third-order valence-corrected chi connectivity index (χ3v) is 3.86. The van der Waals surface area contributed by atoms with E-state index in [1.807, 2.05) is 12.1 Å². The number of methoxy groups -OCH3 is 1. The van der Waals surface area contributed by atoms with E-state index in [9.17, 15) is 4.39 Å². The average molecular weight is 330 g/mol. The number of halogens is 3. The Bertz CT molecular complexity index is 559. The van der Waals surface area contributed by atoms with Gasteiger partial charge in [-0.2, -0.15) is 0 Å². The molecule has 1 unspecified atom stereocenters. The molecule has 1 nitrogen and oxygen atoms in total. The second kappa shape index (κ2) is 5.72. The van der Waals surface area contributed by atoms with Gasteiger partial charge >= 0.3 is 0 Å². The first kappa shape index (κ1) is 13.4. The zero-order valence-corrected chi connectivity index (χ0v) is 12.0. The van der Waals surface area contributed by atoms with Gasteiger partial charge in [0.05, 0.1) is 11.9 Å². The first-order chi connectivity index (χ1) is 8.61. The Morgan fingerprint density at radius 2 is 2.00 bits per heavy atom. The molecule has 0 spiro atoms. The third kappa shape index (κ3) is 2.85. The van der Waals surface area contributed by atoms with Gasteiger partial charge in [-0.3, -0.25) is 0 Å². The van der Waals surface area contributed by atoms with Crippen LogP contribution in [0.3, 0.4) is 0 Å². The maximum atomic E-state index is 13.2. The van der Waals surface area contributed by atoms with Crippen molar-refractivity contribution in [3.8, 4) is 5.75 Å². The zero-order valence-electron chi connectivity index (χ0n) is 9.66. The van der Waals surface area contributed by atoms with Gasteiger partial charge in [-0.1, -0.05) is 39.7 Å². The van der Waals surface area contributed by atoms with E-state index in [-0.39, 0.29) is 10.6 Å². The summed E-state index contributed by atoms with van der Waals surface area (Å²) < 4.78 is 18.5. The van der Waals surface area contributed by atoms with Gasteiger partial charge in [-0.05, 0) is 35.9 Å². The molecule has 0 aliphatic carbocycles. The van der Waals surface area contributed by atoms with Gasteiger partial charge in [0.25, 0.3) is 0 Å². The molecule has 0 heterocycles. The molecule has 0 N–H and O–H groups in total. The van der Waals surface area contributed by atoms with Crippen molar-refractivity contribution in [2.24, 2.45) is 0 Å². The molecule has 1 atom stereocenters. The standard InChI is InChI=1S/C14H11BrClFO/c1-18-13-6-5-10(16)8-12(13)14(15)9-3-2-4-11(17)7-9/h2-8,14H,1H3. The Labute approximate surface area is 119 Å². The molecule has 0 aliphatic heterocycles. The summed E-state index contributed by atoms with van der Waals surface area (Å²) in [5.74, 6) is 0.448. The van der Waals surface area contributed by atoms with Crippen molar-refractivity contribution in [1.82, 2.24) is 0 Å². The predicted molar refractivity (Wildman–Crippen MR) is 75.2 cm³/mol. The molecule has 0 fully saturated rings. The monoisotopic (exact) mass is 328 g/mol. The van der Waals surface area contributed by atoms with Gasteiger partial charge in [-0.15, -0.1) is 0 Å². The molecule has 0 aromatic heterocycles. The van der Waals surface area contributed by atoms with E-state index in [0.29, 0.717) is 10.8 Å². The summed E-state index contributed by atoms with van der Waals surface area (Å²) in [7, 11) is 1.60. The van der Waals surface area contributed by atoms with Crippen molar-refractivity contribution < 1.29 is 9.13 Å². The lowest BCUT2D eigenvalue weighted by Crippen LogP contribution is -1.97. The number of hydrogen-bond donors (Lipinski definition) is 0. The van der Waals surface area contributed by atoms with Crippen LogP contribution < -0.4 is 4.74 Å². The van der Waals surface area contributed by atoms with Crippen LogP contribution >= 0.6 is 27.5 Å². The van der Waals surface area contributed by atoms with Gasteiger partial charge in [0.2, 0.25) is 0 Å². The number of alkyl halides is 1. The molecule has 0 bridgehead atoms. The molecule has 0 radical (unpaired) electrons. The fourth-order valence-corrected chi connectivity index (χ4v) is 2.57. The lowest BCUT2D eigenvalue weighted by atomic mass is 10.0. The fourth-order valence-electron chi connectivity index (χ4n) is 1.75. The van der Waals surface area contributed by atoms with Crippen LogP contribution in [0.15, 0.2) is 42.5 Å². The van der Waals surface area contributed by atoms with Crippen molar-refractivity contribution in [1.29, 1.82) is 0 Å². The highest BCUT2D eigenvalue weighted by atomic mass is 79.9. The minimum Gasteiger partial charge on any atom is -0.496 e. The second-order valence-electron chi connectivity index (χ2n) is 3.80. The lowest BCUT2D eigenvalue weighted by Gasteiger charge is -2.15. The summed E-state index contributed by atoms with van der Waals surface area (Å²) in [6.07, 6.45) is 0. The van der Waals surface area contributed by atoms with Gasteiger partial charge in [0, 0.05) is 10.6 Å². The number of rotatable bonds is 3. The number of hydrogen-bond acceptors (Lipinski definition) is 1. The normalized spacial score (nSPS) is 12.2. The summed E-state index contributed by atoms with van der Waals surface area (Å²) in [5.41, 5.74) is 1.69. The molecule has 2 aromatic carbocycles. The molecule has 2 aromatic rings. The Balaban J connectivity index is 2.44. The van der Waals surface area contributed by atoms with Crippen LogP contribution in [0.25, 0.3) is 0 Å². The maximum absolute atomic E-state index is 13.2. The molecular weight excluding hydrogens is 319 g/mol. The summed E-state index contributed by atoms with van der Waals surface area (Å²) in [5, 5.41) is 0.617. The average Bonchev–Trinajstić information content (AvgIpc) is 2.38. The molecule has 94 valence electrons. The number of ether oxygens (including phenoxy) is 1. The van der Waals surface area contributed by atoms with Crippen LogP contribution in [0.1, 0.15) is 16.0 Å². The lowest BCUT2D eigenvalue weighted by molar-refractivity contribution is 0.410. The maximum Gasteiger partial charge on any atom is 0.123 e.